The van der Waals surface area contributed by atoms with Gasteiger partial charge in [-0.25, -0.2) is 15.0 Å². The third-order valence-electron chi connectivity index (χ3n) is 3.28. The van der Waals surface area contributed by atoms with Crippen molar-refractivity contribution >= 4 is 16.9 Å². The van der Waals surface area contributed by atoms with Crippen molar-refractivity contribution in [3.63, 3.8) is 0 Å². The van der Waals surface area contributed by atoms with Crippen LogP contribution in [-0.4, -0.2) is 19.5 Å². The van der Waals surface area contributed by atoms with Gasteiger partial charge in [0.25, 0.3) is 0 Å². The molecule has 3 heterocycles. The van der Waals surface area contributed by atoms with E-state index in [1.54, 1.807) is 12.5 Å². The Morgan fingerprint density at radius 2 is 2.17 bits per heavy atom. The smallest absolute Gasteiger partial charge is 0.148 e. The van der Waals surface area contributed by atoms with Crippen molar-refractivity contribution < 1.29 is 0 Å². The van der Waals surface area contributed by atoms with Crippen LogP contribution in [0, 0.1) is 0 Å². The number of anilines is 1. The van der Waals surface area contributed by atoms with Gasteiger partial charge in [-0.3, -0.25) is 0 Å². The first-order chi connectivity index (χ1) is 8.84. The average Bonchev–Trinajstić information content (AvgIpc) is 2.79. The molecule has 0 saturated heterocycles. The summed E-state index contributed by atoms with van der Waals surface area (Å²) in [5.74, 6) is 1.78. The van der Waals surface area contributed by atoms with Crippen LogP contribution in [0.4, 0.5) is 5.82 Å². The van der Waals surface area contributed by atoms with Crippen LogP contribution in [0.5, 0.6) is 0 Å². The molecule has 4 rings (SSSR count). The molecule has 0 aliphatic carbocycles. The molecule has 0 bridgehead atoms. The molecule has 0 radical (unpaired) electrons. The average molecular weight is 237 g/mol. The number of para-hydroxylation sites is 2. The first kappa shape index (κ1) is 9.58. The minimum atomic E-state index is 0.134. The van der Waals surface area contributed by atoms with E-state index in [2.05, 4.69) is 37.8 Å². The molecule has 0 spiro atoms. The van der Waals surface area contributed by atoms with E-state index in [4.69, 9.17) is 0 Å². The molecule has 2 aromatic heterocycles. The second kappa shape index (κ2) is 3.29. The predicted octanol–water partition coefficient (Wildman–Crippen LogP) is 2.44. The summed E-state index contributed by atoms with van der Waals surface area (Å²) < 4.78 is 2.18. The van der Waals surface area contributed by atoms with Crippen LogP contribution in [-0.2, 0) is 0 Å². The maximum absolute atomic E-state index is 4.69. The number of benzene rings is 1. The monoisotopic (exact) mass is 237 g/mol. The number of rotatable bonds is 0. The normalized spacial score (nSPS) is 17.1. The molecule has 88 valence electrons. The quantitative estimate of drug-likeness (QED) is 0.652. The fourth-order valence-corrected chi connectivity index (χ4v) is 2.50. The van der Waals surface area contributed by atoms with Crippen molar-refractivity contribution in [1.29, 1.82) is 0 Å². The summed E-state index contributed by atoms with van der Waals surface area (Å²) in [7, 11) is 0. The minimum absolute atomic E-state index is 0.134. The van der Waals surface area contributed by atoms with Gasteiger partial charge in [0.2, 0.25) is 0 Å². The molecule has 1 atom stereocenters. The molecular weight excluding hydrogens is 226 g/mol. The van der Waals surface area contributed by atoms with Crippen LogP contribution < -0.4 is 5.32 Å². The Labute approximate surface area is 104 Å². The van der Waals surface area contributed by atoms with Crippen LogP contribution >= 0.6 is 0 Å². The number of nitrogens with one attached hydrogen (secondary N) is 1. The summed E-state index contributed by atoms with van der Waals surface area (Å²) >= 11 is 0. The number of hydrogen-bond acceptors (Lipinski definition) is 4. The summed E-state index contributed by atoms with van der Waals surface area (Å²) in [5.41, 5.74) is 3.08. The minimum Gasteiger partial charge on any atom is -0.349 e. The maximum Gasteiger partial charge on any atom is 0.148 e. The lowest BCUT2D eigenvalue weighted by molar-refractivity contribution is 0.624. The van der Waals surface area contributed by atoms with Gasteiger partial charge in [0, 0.05) is 6.20 Å². The molecule has 5 heteroatoms. The molecule has 1 aliphatic heterocycles. The molecule has 1 N–H and O–H groups in total. The zero-order chi connectivity index (χ0) is 12.1. The lowest BCUT2D eigenvalue weighted by Crippen LogP contribution is -2.21. The van der Waals surface area contributed by atoms with Crippen molar-refractivity contribution in [2.75, 3.05) is 5.32 Å². The van der Waals surface area contributed by atoms with Crippen LogP contribution in [0.1, 0.15) is 13.1 Å². The molecule has 1 aromatic carbocycles. The molecular formula is C13H11N5. The lowest BCUT2D eigenvalue weighted by Gasteiger charge is -2.25. The van der Waals surface area contributed by atoms with Gasteiger partial charge in [-0.2, -0.15) is 0 Å². The van der Waals surface area contributed by atoms with Gasteiger partial charge in [-0.1, -0.05) is 12.1 Å². The fourth-order valence-electron chi connectivity index (χ4n) is 2.50. The molecule has 0 fully saturated rings. The molecule has 1 unspecified atom stereocenters. The van der Waals surface area contributed by atoms with Crippen molar-refractivity contribution in [2.24, 2.45) is 0 Å². The van der Waals surface area contributed by atoms with Gasteiger partial charge >= 0.3 is 0 Å². The molecule has 1 aliphatic rings. The van der Waals surface area contributed by atoms with E-state index >= 15 is 0 Å². The molecule has 3 aromatic rings. The van der Waals surface area contributed by atoms with Crippen molar-refractivity contribution in [1.82, 2.24) is 19.5 Å². The first-order valence-corrected chi connectivity index (χ1v) is 5.88. The number of nitrogens with zero attached hydrogens (tertiary/aromatic N) is 4. The molecule has 18 heavy (non-hydrogen) atoms. The zero-order valence-electron chi connectivity index (χ0n) is 9.83. The van der Waals surface area contributed by atoms with Gasteiger partial charge in [-0.15, -0.1) is 0 Å². The van der Waals surface area contributed by atoms with E-state index < -0.39 is 0 Å². The Balaban J connectivity index is 2.12. The second-order valence-electron chi connectivity index (χ2n) is 4.40. The molecule has 0 saturated carbocycles. The van der Waals surface area contributed by atoms with Gasteiger partial charge in [0.15, 0.2) is 0 Å². The van der Waals surface area contributed by atoms with Crippen LogP contribution in [0.15, 0.2) is 36.8 Å². The van der Waals surface area contributed by atoms with Crippen LogP contribution in [0.25, 0.3) is 22.4 Å². The Morgan fingerprint density at radius 1 is 1.28 bits per heavy atom. The van der Waals surface area contributed by atoms with Gasteiger partial charge < -0.3 is 9.88 Å². The maximum atomic E-state index is 4.69. The van der Waals surface area contributed by atoms with E-state index in [9.17, 15) is 0 Å². The number of hydrogen-bond donors (Lipinski definition) is 1. The van der Waals surface area contributed by atoms with Crippen molar-refractivity contribution in [3.05, 3.63) is 36.8 Å². The van der Waals surface area contributed by atoms with Crippen LogP contribution in [0.3, 0.4) is 0 Å². The zero-order valence-corrected chi connectivity index (χ0v) is 9.83. The largest absolute Gasteiger partial charge is 0.349 e. The first-order valence-electron chi connectivity index (χ1n) is 5.88. The van der Waals surface area contributed by atoms with Gasteiger partial charge in [-0.05, 0) is 19.1 Å². The predicted molar refractivity (Wildman–Crippen MR) is 69.1 cm³/mol. The van der Waals surface area contributed by atoms with Gasteiger partial charge in [0.1, 0.15) is 24.1 Å². The van der Waals surface area contributed by atoms with E-state index in [1.165, 1.54) is 0 Å². The Kier molecular flexibility index (Phi) is 1.75. The summed E-state index contributed by atoms with van der Waals surface area (Å²) in [5, 5.41) is 3.37. The highest BCUT2D eigenvalue weighted by Crippen LogP contribution is 2.35. The second-order valence-corrected chi connectivity index (χ2v) is 4.40. The van der Waals surface area contributed by atoms with Crippen molar-refractivity contribution in [2.45, 2.75) is 13.1 Å². The summed E-state index contributed by atoms with van der Waals surface area (Å²) in [6.07, 6.45) is 3.49. The third-order valence-corrected chi connectivity index (χ3v) is 3.28. The van der Waals surface area contributed by atoms with Gasteiger partial charge in [0.05, 0.1) is 16.6 Å². The number of aromatic nitrogens is 4. The fraction of sp³-hybridized carbons (Fsp3) is 0.154. The third kappa shape index (κ3) is 1.13. The summed E-state index contributed by atoms with van der Waals surface area (Å²) in [4.78, 5) is 13.0. The van der Waals surface area contributed by atoms with Crippen LogP contribution in [0.2, 0.25) is 0 Å². The molecule has 5 nitrogen and oxygen atoms in total. The highest BCUT2D eigenvalue weighted by atomic mass is 15.3. The van der Waals surface area contributed by atoms with Crippen molar-refractivity contribution in [3.8, 4) is 11.4 Å². The van der Waals surface area contributed by atoms with E-state index in [1.807, 2.05) is 18.2 Å². The molecule has 0 amide bonds. The SMILES string of the molecule is CC1Nc2ncncc2-c2nc3ccccc3n21. The topological polar surface area (TPSA) is 55.6 Å². The highest BCUT2D eigenvalue weighted by Gasteiger charge is 2.25. The number of fused-ring (bicyclic) bond motifs is 5. The number of imidazole rings is 1. The Morgan fingerprint density at radius 3 is 3.11 bits per heavy atom. The highest BCUT2D eigenvalue weighted by molar-refractivity contribution is 5.84. The van der Waals surface area contributed by atoms with E-state index in [0.29, 0.717) is 0 Å². The van der Waals surface area contributed by atoms with E-state index in [-0.39, 0.29) is 6.17 Å². The van der Waals surface area contributed by atoms with E-state index in [0.717, 1.165) is 28.2 Å². The summed E-state index contributed by atoms with van der Waals surface area (Å²) in [6.45, 7) is 2.10. The lowest BCUT2D eigenvalue weighted by atomic mass is 10.2. The summed E-state index contributed by atoms with van der Waals surface area (Å²) in [6, 6.07) is 8.14. The Bertz CT molecular complexity index is 746. The Hall–Kier alpha value is -2.43. The standard InChI is InChI=1S/C13H11N5/c1-8-16-12-9(6-14-7-15-12)13-17-10-4-2-3-5-11(10)18(8)13/h2-8H,1H3,(H,14,15,16).